The summed E-state index contributed by atoms with van der Waals surface area (Å²) in [5.74, 6) is 0. The summed E-state index contributed by atoms with van der Waals surface area (Å²) >= 11 is 0. The minimum absolute atomic E-state index is 0.949. The number of nitrogens with zero attached hydrogens (tertiary/aromatic N) is 12. The van der Waals surface area contributed by atoms with Crippen LogP contribution in [0, 0.1) is 0 Å². The molecule has 23 aromatic rings. The van der Waals surface area contributed by atoms with Gasteiger partial charge in [0.1, 0.15) is 0 Å². The molecule has 0 unspecified atom stereocenters. The molecular weight excluding hydrogens is 1790 g/mol. The fourth-order valence-corrected chi connectivity index (χ4v) is 40.8. The molecule has 0 saturated carbocycles. The summed E-state index contributed by atoms with van der Waals surface area (Å²) in [6.45, 7) is 0. The molecule has 0 aliphatic heterocycles. The maximum atomic E-state index is 4.69. The molecule has 12 heterocycles. The Labute approximate surface area is 832 Å². The van der Waals surface area contributed by atoms with Crippen molar-refractivity contribution in [2.24, 2.45) is 0 Å². The average molecular weight is 1890 g/mol. The van der Waals surface area contributed by atoms with E-state index >= 15 is 0 Å². The van der Waals surface area contributed by atoms with Crippen molar-refractivity contribution in [1.82, 2.24) is 59.8 Å². The van der Waals surface area contributed by atoms with Crippen LogP contribution < -0.4 is 83.0 Å². The Morgan fingerprint density at radius 3 is 0.521 bits per heavy atom. The molecule has 0 fully saturated rings. The summed E-state index contributed by atoms with van der Waals surface area (Å²) < 4.78 is 0. The van der Waals surface area contributed by atoms with Gasteiger partial charge in [0.2, 0.25) is 0 Å². The maximum Gasteiger partial charge on any atom is 0.181 e. The second-order valence-corrected chi connectivity index (χ2v) is 49.1. The number of aromatic nitrogens is 12. The molecule has 0 atom stereocenters. The van der Waals surface area contributed by atoms with Crippen LogP contribution in [0.25, 0.3) is 78.0 Å². The minimum Gasteiger partial charge on any atom is -0.265 e. The molecule has 0 aliphatic carbocycles. The summed E-state index contributed by atoms with van der Waals surface area (Å²) in [7, 11) is -11.2. The van der Waals surface area contributed by atoms with Crippen molar-refractivity contribution in [3.05, 3.63) is 585 Å². The quantitative estimate of drug-likeness (QED) is 0.0442. The predicted molar refractivity (Wildman–Crippen MR) is 592 cm³/mol. The topological polar surface area (TPSA) is 155 Å². The summed E-state index contributed by atoms with van der Waals surface area (Å²) in [5.41, 5.74) is 15.4. The largest absolute Gasteiger partial charge is 0.265 e. The van der Waals surface area contributed by atoms with E-state index in [0.717, 1.165) is 55.8 Å². The van der Waals surface area contributed by atoms with E-state index < -0.39 is 32.3 Å². The van der Waals surface area contributed by atoms with Gasteiger partial charge in [-0.1, -0.05) is 352 Å². The van der Waals surface area contributed by atoms with Crippen molar-refractivity contribution >= 4 is 115 Å². The van der Waals surface area contributed by atoms with E-state index in [0.29, 0.717) is 0 Å². The van der Waals surface area contributed by atoms with Gasteiger partial charge in [0.15, 0.2) is 32.3 Å². The third-order valence-electron chi connectivity index (χ3n) is 26.5. The average Bonchev–Trinajstić information content (AvgIpc) is 0.719. The lowest BCUT2D eigenvalue weighted by Gasteiger charge is -2.37. The first-order chi connectivity index (χ1) is 70.6. The van der Waals surface area contributed by atoms with E-state index in [1.807, 2.05) is 167 Å². The van der Waals surface area contributed by atoms with Crippen LogP contribution in [0.5, 0.6) is 0 Å². The third-order valence-corrected chi connectivity index (χ3v) is 46.0. The van der Waals surface area contributed by atoms with Crippen molar-refractivity contribution in [2.75, 3.05) is 0 Å². The van der Waals surface area contributed by atoms with Crippen LogP contribution in [0.3, 0.4) is 0 Å². The van der Waals surface area contributed by atoms with Gasteiger partial charge < -0.3 is 0 Å². The molecule has 23 rings (SSSR count). The number of hydrogen-bond acceptors (Lipinski definition) is 12. The molecule has 12 aromatic heterocycles. The van der Waals surface area contributed by atoms with Gasteiger partial charge >= 0.3 is 0 Å². The highest BCUT2D eigenvalue weighted by Crippen LogP contribution is 2.31. The zero-order chi connectivity index (χ0) is 95.7. The lowest BCUT2D eigenvalue weighted by Crippen LogP contribution is -2.75. The Morgan fingerprint density at radius 1 is 0.113 bits per heavy atom. The number of pyridine rings is 12. The Morgan fingerprint density at radius 2 is 0.296 bits per heavy atom. The highest BCUT2D eigenvalue weighted by Gasteiger charge is 2.49. The van der Waals surface area contributed by atoms with Crippen LogP contribution in [-0.2, 0) is 0 Å². The number of rotatable bonds is 23. The monoisotopic (exact) mass is 1890 g/mol. The van der Waals surface area contributed by atoms with E-state index in [1.54, 1.807) is 0 Å². The second-order valence-electron chi connectivity index (χ2n) is 34.1. The van der Waals surface area contributed by atoms with Crippen molar-refractivity contribution in [3.8, 4) is 78.0 Å². The smallest absolute Gasteiger partial charge is 0.181 e. The first-order valence-corrected chi connectivity index (χ1v) is 55.3. The molecule has 11 aromatic carbocycles. The maximum absolute atomic E-state index is 4.69. The molecule has 0 bridgehead atoms. The lowest BCUT2D eigenvalue weighted by atomic mass is 10.1. The zero-order valence-corrected chi connectivity index (χ0v) is 81.8. The molecule has 12 nitrogen and oxygen atoms in total. The van der Waals surface area contributed by atoms with Crippen LogP contribution in [0.15, 0.2) is 585 Å². The first kappa shape index (κ1) is 91.8. The van der Waals surface area contributed by atoms with Gasteiger partial charge in [-0.3, -0.25) is 59.8 Å². The molecule has 0 N–H and O–H groups in total. The Balaban J connectivity index is 0.000000116. The molecule has 16 heteroatoms. The van der Waals surface area contributed by atoms with Gasteiger partial charge in [0.25, 0.3) is 0 Å². The van der Waals surface area contributed by atoms with Crippen LogP contribution in [0.4, 0.5) is 0 Å². The molecule has 0 saturated heterocycles. The number of hydrogen-bond donors (Lipinski definition) is 0. The van der Waals surface area contributed by atoms with Crippen LogP contribution in [-0.4, -0.2) is 92.1 Å². The van der Waals surface area contributed by atoms with Crippen molar-refractivity contribution < 1.29 is 0 Å². The molecule has 142 heavy (non-hydrogen) atoms. The Bertz CT molecular complexity index is 6920. The number of benzene rings is 11. The van der Waals surface area contributed by atoms with E-state index in [-0.39, 0.29) is 0 Å². The van der Waals surface area contributed by atoms with Gasteiger partial charge in [0.05, 0.1) is 5.69 Å². The molecule has 0 spiro atoms. The van der Waals surface area contributed by atoms with Crippen LogP contribution in [0.1, 0.15) is 0 Å². The van der Waals surface area contributed by atoms with E-state index in [1.165, 1.54) is 105 Å². The van der Waals surface area contributed by atoms with Gasteiger partial charge in [-0.05, 0) is 196 Å². The normalized spacial score (nSPS) is 11.2. The van der Waals surface area contributed by atoms with Crippen LogP contribution >= 0.6 is 0 Å². The highest BCUT2D eigenvalue weighted by atomic mass is 28.3. The molecule has 0 radical (unpaired) electrons. The highest BCUT2D eigenvalue weighted by molar-refractivity contribution is 7.23. The zero-order valence-electron chi connectivity index (χ0n) is 77.8. The van der Waals surface area contributed by atoms with Gasteiger partial charge in [-0.15, -0.1) is 0 Å². The van der Waals surface area contributed by atoms with Crippen molar-refractivity contribution in [1.29, 1.82) is 0 Å². The SMILES string of the molecule is c1ccc(-c2cnccc2[Si](c2ccccc2)(c2ccccc2)c2ccncc2-c2ccccc2)cc1.c1ccc([Si](c2ccccc2)(c2ccccc2)c2ccncc2-c2ccccn2)cc1.c1ccc([Si](c2ccccc2)(c2ccncc2-c2cccnc2)c2ccncc2-c2cccnc2)cc1.c1ccc([Si](c2ccccc2)(c2ccncc2-c2ccncc2)c2ccncc2-c2ccncc2)cc1. The van der Waals surface area contributed by atoms with Gasteiger partial charge in [-0.2, -0.15) is 0 Å². The van der Waals surface area contributed by atoms with E-state index in [4.69, 9.17) is 0 Å². The Hall–Kier alpha value is -17.9. The summed E-state index contributed by atoms with van der Waals surface area (Å²) in [4.78, 5) is 54.1. The van der Waals surface area contributed by atoms with Crippen molar-refractivity contribution in [2.45, 2.75) is 0 Å². The summed E-state index contributed by atoms with van der Waals surface area (Å²) in [6.07, 6.45) is 44.1. The molecule has 0 amide bonds. The predicted octanol–water partition coefficient (Wildman–Crippen LogP) is 16.7. The third kappa shape index (κ3) is 18.5. The van der Waals surface area contributed by atoms with Gasteiger partial charge in [-0.25, -0.2) is 0 Å². The fraction of sp³-hybridized carbons (Fsp3) is 0. The van der Waals surface area contributed by atoms with Crippen molar-refractivity contribution in [3.63, 3.8) is 0 Å². The second kappa shape index (κ2) is 44.0. The molecule has 676 valence electrons. The van der Waals surface area contributed by atoms with E-state index in [2.05, 4.69) is 478 Å². The summed E-state index contributed by atoms with van der Waals surface area (Å²) in [6, 6.07) is 158. The lowest BCUT2D eigenvalue weighted by molar-refractivity contribution is 1.29. The Kier molecular flexibility index (Phi) is 28.5. The molecule has 0 aliphatic rings. The van der Waals surface area contributed by atoms with Gasteiger partial charge in [0, 0.05) is 193 Å². The van der Waals surface area contributed by atoms with Crippen LogP contribution in [0.2, 0.25) is 0 Å². The minimum atomic E-state index is -2.89. The fourth-order valence-electron chi connectivity index (χ4n) is 20.5. The molecular formula is C126H96N12Si4. The first-order valence-electron chi connectivity index (χ1n) is 47.3. The standard InChI is InChI=1S/C34H26N2Si.2C32H24N4Si.C28H22N2Si/c1-5-13-27(14-6-1)31-25-35-23-21-33(31)37(29-17-9-3-10-18-29,30-19-11-4-12-20-30)34-22-24-36-26-32(34)28-15-7-2-8-16-28;1-3-11-27(12-4-1)37(28-13-5-2-6-14-28,31-15-19-35-23-29(31)25-9-7-17-33-21-25)32-16-20-36-24-30(32)26-10-8-18-34-22-26;1-3-7-27(8-4-1)37(28-9-5-2-6-10-28,31-15-21-35-23-29(31)25-11-17-33-18-12-25)32-16-22-36-24-30(32)26-13-19-34-20-14-26;1-4-12-23(13-5-1)31(24-14-6-2-7-15-24,25-16-8-3-9-17-25)28-19-21-29-22-26(28)27-18-10-11-20-30-27/h1-26H;2*1-24H;1-22H. The van der Waals surface area contributed by atoms with E-state index in [9.17, 15) is 0 Å². The summed E-state index contributed by atoms with van der Waals surface area (Å²) in [5, 5.41) is 20.8.